The van der Waals surface area contributed by atoms with Crippen LogP contribution in [0.5, 0.6) is 0 Å². The summed E-state index contributed by atoms with van der Waals surface area (Å²) in [6.45, 7) is 7.85. The zero-order chi connectivity index (χ0) is 11.3. The standard InChI is InChI=1S/C11H18N2OS/c1-4-6-7-13(5-2)11-12-8-10(15-11)9(3)14/h8H,4-7H2,1-3H3. The minimum atomic E-state index is 0.102. The van der Waals surface area contributed by atoms with E-state index in [1.807, 2.05) is 0 Å². The largest absolute Gasteiger partial charge is 0.348 e. The molecular weight excluding hydrogens is 208 g/mol. The van der Waals surface area contributed by atoms with Crippen LogP contribution in [-0.4, -0.2) is 23.9 Å². The number of thiazole rings is 1. The molecule has 0 unspecified atom stereocenters. The molecule has 15 heavy (non-hydrogen) atoms. The first-order valence-corrected chi connectivity index (χ1v) is 6.22. The summed E-state index contributed by atoms with van der Waals surface area (Å²) in [5.41, 5.74) is 0. The monoisotopic (exact) mass is 226 g/mol. The Hall–Kier alpha value is -0.900. The Kier molecular flexibility index (Phi) is 4.75. The van der Waals surface area contributed by atoms with Crippen LogP contribution in [0, 0.1) is 0 Å². The van der Waals surface area contributed by atoms with E-state index >= 15 is 0 Å². The van der Waals surface area contributed by atoms with Gasteiger partial charge in [-0.1, -0.05) is 24.7 Å². The maximum absolute atomic E-state index is 11.1. The van der Waals surface area contributed by atoms with Crippen molar-refractivity contribution in [2.45, 2.75) is 33.6 Å². The van der Waals surface area contributed by atoms with Crippen LogP contribution in [0.2, 0.25) is 0 Å². The van der Waals surface area contributed by atoms with Gasteiger partial charge in [0, 0.05) is 20.0 Å². The van der Waals surface area contributed by atoms with Crippen LogP contribution in [0.25, 0.3) is 0 Å². The van der Waals surface area contributed by atoms with E-state index in [-0.39, 0.29) is 5.78 Å². The number of hydrogen-bond donors (Lipinski definition) is 0. The molecular formula is C11H18N2OS. The van der Waals surface area contributed by atoms with Crippen molar-refractivity contribution in [3.63, 3.8) is 0 Å². The molecule has 0 aliphatic carbocycles. The molecule has 0 aliphatic rings. The van der Waals surface area contributed by atoms with E-state index in [1.54, 1.807) is 13.1 Å². The Labute approximate surface area is 95.1 Å². The molecule has 1 rings (SSSR count). The van der Waals surface area contributed by atoms with Crippen LogP contribution >= 0.6 is 11.3 Å². The first-order valence-electron chi connectivity index (χ1n) is 5.40. The van der Waals surface area contributed by atoms with Crippen molar-refractivity contribution in [1.29, 1.82) is 0 Å². The molecule has 1 heterocycles. The van der Waals surface area contributed by atoms with Crippen LogP contribution in [0.4, 0.5) is 5.13 Å². The summed E-state index contributed by atoms with van der Waals surface area (Å²) in [5, 5.41) is 0.969. The van der Waals surface area contributed by atoms with Gasteiger partial charge in [0.2, 0.25) is 0 Å². The van der Waals surface area contributed by atoms with Crippen LogP contribution in [0.15, 0.2) is 6.20 Å². The van der Waals surface area contributed by atoms with Crippen molar-refractivity contribution < 1.29 is 4.79 Å². The van der Waals surface area contributed by atoms with E-state index in [2.05, 4.69) is 23.7 Å². The molecule has 0 saturated carbocycles. The van der Waals surface area contributed by atoms with Gasteiger partial charge in [-0.25, -0.2) is 4.98 Å². The number of nitrogens with zero attached hydrogens (tertiary/aromatic N) is 2. The smallest absolute Gasteiger partial charge is 0.185 e. The van der Waals surface area contributed by atoms with E-state index in [4.69, 9.17) is 0 Å². The van der Waals surface area contributed by atoms with Gasteiger partial charge in [-0.15, -0.1) is 0 Å². The SMILES string of the molecule is CCCCN(CC)c1ncc(C(C)=O)s1. The van der Waals surface area contributed by atoms with Crippen molar-refractivity contribution in [2.75, 3.05) is 18.0 Å². The quantitative estimate of drug-likeness (QED) is 0.699. The first kappa shape index (κ1) is 12.2. The minimum Gasteiger partial charge on any atom is -0.348 e. The molecule has 0 atom stereocenters. The summed E-state index contributed by atoms with van der Waals surface area (Å²) in [6, 6.07) is 0. The van der Waals surface area contributed by atoms with E-state index in [0.717, 1.165) is 23.1 Å². The molecule has 0 amide bonds. The highest BCUT2D eigenvalue weighted by atomic mass is 32.1. The summed E-state index contributed by atoms with van der Waals surface area (Å²) in [4.78, 5) is 18.4. The molecule has 4 heteroatoms. The fourth-order valence-corrected chi connectivity index (χ4v) is 2.21. The molecule has 0 N–H and O–H groups in total. The van der Waals surface area contributed by atoms with Crippen molar-refractivity contribution in [1.82, 2.24) is 4.98 Å². The van der Waals surface area contributed by atoms with Crippen LogP contribution < -0.4 is 4.90 Å². The second-order valence-corrected chi connectivity index (χ2v) is 4.51. The highest BCUT2D eigenvalue weighted by Crippen LogP contribution is 2.22. The molecule has 0 bridgehead atoms. The third-order valence-corrected chi connectivity index (χ3v) is 3.43. The van der Waals surface area contributed by atoms with Gasteiger partial charge in [-0.2, -0.15) is 0 Å². The summed E-state index contributed by atoms with van der Waals surface area (Å²) >= 11 is 1.49. The van der Waals surface area contributed by atoms with Gasteiger partial charge in [0.1, 0.15) is 0 Å². The van der Waals surface area contributed by atoms with Gasteiger partial charge in [-0.3, -0.25) is 4.79 Å². The van der Waals surface area contributed by atoms with Crippen molar-refractivity contribution in [2.24, 2.45) is 0 Å². The average molecular weight is 226 g/mol. The maximum atomic E-state index is 11.1. The first-order chi connectivity index (χ1) is 7.19. The van der Waals surface area contributed by atoms with Crippen LogP contribution in [0.3, 0.4) is 0 Å². The van der Waals surface area contributed by atoms with Gasteiger partial charge in [0.25, 0.3) is 0 Å². The maximum Gasteiger partial charge on any atom is 0.185 e. The number of aromatic nitrogens is 1. The lowest BCUT2D eigenvalue weighted by atomic mass is 10.3. The normalized spacial score (nSPS) is 10.3. The Morgan fingerprint density at radius 1 is 1.53 bits per heavy atom. The zero-order valence-electron chi connectivity index (χ0n) is 9.62. The second kappa shape index (κ2) is 5.85. The molecule has 1 aromatic rings. The van der Waals surface area contributed by atoms with Crippen molar-refractivity contribution in [3.8, 4) is 0 Å². The average Bonchev–Trinajstić information content (AvgIpc) is 2.68. The summed E-state index contributed by atoms with van der Waals surface area (Å²) < 4.78 is 0. The van der Waals surface area contributed by atoms with Crippen LogP contribution in [-0.2, 0) is 0 Å². The molecule has 3 nitrogen and oxygen atoms in total. The lowest BCUT2D eigenvalue weighted by Crippen LogP contribution is -2.23. The molecule has 0 aromatic carbocycles. The topological polar surface area (TPSA) is 33.2 Å². The Bertz CT molecular complexity index is 322. The van der Waals surface area contributed by atoms with Crippen molar-refractivity contribution in [3.05, 3.63) is 11.1 Å². The number of Topliss-reactive ketones (excluding diaryl/α,β-unsaturated/α-hetero) is 1. The summed E-state index contributed by atoms with van der Waals surface area (Å²) in [6.07, 6.45) is 4.03. The van der Waals surface area contributed by atoms with Gasteiger partial charge < -0.3 is 4.90 Å². The zero-order valence-corrected chi connectivity index (χ0v) is 10.4. The van der Waals surface area contributed by atoms with Gasteiger partial charge in [0.05, 0.1) is 11.1 Å². The minimum absolute atomic E-state index is 0.102. The fraction of sp³-hybridized carbons (Fsp3) is 0.636. The number of hydrogen-bond acceptors (Lipinski definition) is 4. The molecule has 0 spiro atoms. The lowest BCUT2D eigenvalue weighted by molar-refractivity contribution is 0.102. The third-order valence-electron chi connectivity index (χ3n) is 2.27. The molecule has 0 saturated heterocycles. The number of unbranched alkanes of at least 4 members (excludes halogenated alkanes) is 1. The molecule has 0 fully saturated rings. The highest BCUT2D eigenvalue weighted by Gasteiger charge is 2.10. The number of rotatable bonds is 6. The Balaban J connectivity index is 2.69. The summed E-state index contributed by atoms with van der Waals surface area (Å²) in [5.74, 6) is 0.102. The molecule has 84 valence electrons. The number of ketones is 1. The Morgan fingerprint density at radius 2 is 2.27 bits per heavy atom. The summed E-state index contributed by atoms with van der Waals surface area (Å²) in [7, 11) is 0. The van der Waals surface area contributed by atoms with Gasteiger partial charge >= 0.3 is 0 Å². The van der Waals surface area contributed by atoms with E-state index in [9.17, 15) is 4.79 Å². The lowest BCUT2D eigenvalue weighted by Gasteiger charge is -2.18. The van der Waals surface area contributed by atoms with Gasteiger partial charge in [0.15, 0.2) is 10.9 Å². The predicted molar refractivity (Wildman–Crippen MR) is 64.9 cm³/mol. The highest BCUT2D eigenvalue weighted by molar-refractivity contribution is 7.17. The van der Waals surface area contributed by atoms with Crippen LogP contribution in [0.1, 0.15) is 43.3 Å². The second-order valence-electron chi connectivity index (χ2n) is 3.50. The molecule has 0 aliphatic heterocycles. The van der Waals surface area contributed by atoms with E-state index < -0.39 is 0 Å². The fourth-order valence-electron chi connectivity index (χ4n) is 1.31. The number of carbonyl (C=O) groups is 1. The predicted octanol–water partition coefficient (Wildman–Crippen LogP) is 2.97. The van der Waals surface area contributed by atoms with Crippen molar-refractivity contribution >= 4 is 22.3 Å². The van der Waals surface area contributed by atoms with E-state index in [0.29, 0.717) is 0 Å². The van der Waals surface area contributed by atoms with Gasteiger partial charge in [-0.05, 0) is 13.3 Å². The number of anilines is 1. The Morgan fingerprint density at radius 3 is 2.73 bits per heavy atom. The third kappa shape index (κ3) is 3.30. The van der Waals surface area contributed by atoms with E-state index in [1.165, 1.54) is 24.2 Å². The molecule has 1 aromatic heterocycles. The number of carbonyl (C=O) groups excluding carboxylic acids is 1. The molecule has 0 radical (unpaired) electrons.